The first-order valence-electron chi connectivity index (χ1n) is 4.06. The largest absolute Gasteiger partial charge is 0.311 e. The lowest BCUT2D eigenvalue weighted by atomic mass is 10.4. The molecule has 2 aromatic rings. The average molecular weight is 194 g/mol. The second-order valence-corrected chi connectivity index (χ2v) is 3.76. The zero-order chi connectivity index (χ0) is 9.26. The van der Waals surface area contributed by atoms with Gasteiger partial charge in [-0.25, -0.2) is 15.0 Å². The van der Waals surface area contributed by atoms with E-state index in [1.807, 2.05) is 7.05 Å². The highest BCUT2D eigenvalue weighted by molar-refractivity contribution is 7.18. The second-order valence-electron chi connectivity index (χ2n) is 2.75. The van der Waals surface area contributed by atoms with Gasteiger partial charge in [0, 0.05) is 12.4 Å². The van der Waals surface area contributed by atoms with Crippen LogP contribution in [0.1, 0.15) is 18.0 Å². The molecule has 0 fully saturated rings. The van der Waals surface area contributed by atoms with Crippen molar-refractivity contribution >= 4 is 21.8 Å². The third-order valence-electron chi connectivity index (χ3n) is 1.87. The molecule has 0 saturated heterocycles. The monoisotopic (exact) mass is 194 g/mol. The summed E-state index contributed by atoms with van der Waals surface area (Å²) < 4.78 is 0. The van der Waals surface area contributed by atoms with E-state index in [0.717, 1.165) is 15.5 Å². The van der Waals surface area contributed by atoms with Gasteiger partial charge in [0.1, 0.15) is 5.01 Å². The molecule has 0 amide bonds. The number of hydrogen-bond donors (Lipinski definition) is 1. The summed E-state index contributed by atoms with van der Waals surface area (Å²) in [5.41, 5.74) is 0.740. The van der Waals surface area contributed by atoms with E-state index in [1.165, 1.54) is 0 Å². The Kier molecular flexibility index (Phi) is 2.20. The predicted molar refractivity (Wildman–Crippen MR) is 52.7 cm³/mol. The topological polar surface area (TPSA) is 50.7 Å². The van der Waals surface area contributed by atoms with Crippen LogP contribution in [0, 0.1) is 0 Å². The van der Waals surface area contributed by atoms with E-state index in [2.05, 4.69) is 27.2 Å². The third-order valence-corrected chi connectivity index (χ3v) is 3.00. The maximum absolute atomic E-state index is 4.37. The number of thiazole rings is 1. The van der Waals surface area contributed by atoms with Gasteiger partial charge in [0.15, 0.2) is 10.5 Å². The molecule has 2 rings (SSSR count). The minimum Gasteiger partial charge on any atom is -0.311 e. The fourth-order valence-electron chi connectivity index (χ4n) is 1.00. The van der Waals surface area contributed by atoms with Crippen LogP contribution in [0.2, 0.25) is 0 Å². The van der Waals surface area contributed by atoms with E-state index in [9.17, 15) is 0 Å². The lowest BCUT2D eigenvalue weighted by molar-refractivity contribution is 0.649. The Morgan fingerprint density at radius 1 is 1.38 bits per heavy atom. The van der Waals surface area contributed by atoms with Crippen LogP contribution in [0.3, 0.4) is 0 Å². The molecule has 0 aliphatic heterocycles. The molecule has 0 aromatic carbocycles. The molecule has 0 saturated carbocycles. The summed E-state index contributed by atoms with van der Waals surface area (Å²) in [6.45, 7) is 2.07. The van der Waals surface area contributed by atoms with Crippen LogP contribution >= 0.6 is 11.3 Å². The number of fused-ring (bicyclic) bond motifs is 1. The first-order valence-corrected chi connectivity index (χ1v) is 4.87. The fourth-order valence-corrected chi connectivity index (χ4v) is 1.93. The fraction of sp³-hybridized carbons (Fsp3) is 0.375. The quantitative estimate of drug-likeness (QED) is 0.784. The molecule has 2 heterocycles. The molecule has 0 aliphatic rings. The van der Waals surface area contributed by atoms with Crippen molar-refractivity contribution in [2.45, 2.75) is 13.0 Å². The Balaban J connectivity index is 2.49. The van der Waals surface area contributed by atoms with E-state index in [-0.39, 0.29) is 6.04 Å². The minimum absolute atomic E-state index is 0.265. The van der Waals surface area contributed by atoms with Crippen LogP contribution in [0.25, 0.3) is 10.5 Å². The molecular weight excluding hydrogens is 184 g/mol. The summed E-state index contributed by atoms with van der Waals surface area (Å²) in [7, 11) is 1.91. The van der Waals surface area contributed by atoms with Crippen molar-refractivity contribution in [1.82, 2.24) is 20.3 Å². The van der Waals surface area contributed by atoms with Gasteiger partial charge in [0.25, 0.3) is 0 Å². The minimum atomic E-state index is 0.265. The maximum atomic E-state index is 4.37. The van der Waals surface area contributed by atoms with Gasteiger partial charge in [0.2, 0.25) is 0 Å². The molecular formula is C8H10N4S. The van der Waals surface area contributed by atoms with Gasteiger partial charge >= 0.3 is 0 Å². The number of hydrogen-bond acceptors (Lipinski definition) is 5. The van der Waals surface area contributed by atoms with E-state index in [4.69, 9.17) is 0 Å². The Hall–Kier alpha value is -1.07. The van der Waals surface area contributed by atoms with Gasteiger partial charge < -0.3 is 5.32 Å². The van der Waals surface area contributed by atoms with Crippen molar-refractivity contribution in [3.8, 4) is 0 Å². The van der Waals surface area contributed by atoms with Crippen molar-refractivity contribution in [3.63, 3.8) is 0 Å². The second kappa shape index (κ2) is 3.35. The lowest BCUT2D eigenvalue weighted by Crippen LogP contribution is -2.11. The Labute approximate surface area is 80.1 Å². The van der Waals surface area contributed by atoms with Gasteiger partial charge in [-0.05, 0) is 14.0 Å². The molecule has 1 unspecified atom stereocenters. The van der Waals surface area contributed by atoms with Crippen molar-refractivity contribution in [1.29, 1.82) is 0 Å². The van der Waals surface area contributed by atoms with Crippen molar-refractivity contribution in [2.24, 2.45) is 0 Å². The van der Waals surface area contributed by atoms with Crippen LogP contribution in [0.15, 0.2) is 12.4 Å². The van der Waals surface area contributed by atoms with Gasteiger partial charge in [-0.3, -0.25) is 0 Å². The Morgan fingerprint density at radius 3 is 2.85 bits per heavy atom. The van der Waals surface area contributed by atoms with E-state index < -0.39 is 0 Å². The molecule has 4 nitrogen and oxygen atoms in total. The van der Waals surface area contributed by atoms with Crippen molar-refractivity contribution in [3.05, 3.63) is 17.4 Å². The molecule has 68 valence electrons. The normalized spacial score (nSPS) is 13.4. The van der Waals surface area contributed by atoms with Gasteiger partial charge in [-0.2, -0.15) is 0 Å². The zero-order valence-corrected chi connectivity index (χ0v) is 8.30. The predicted octanol–water partition coefficient (Wildman–Crippen LogP) is 1.37. The van der Waals surface area contributed by atoms with E-state index in [0.29, 0.717) is 0 Å². The molecule has 2 aromatic heterocycles. The molecule has 0 radical (unpaired) electrons. The van der Waals surface area contributed by atoms with Gasteiger partial charge in [0.05, 0.1) is 6.04 Å². The van der Waals surface area contributed by atoms with Crippen LogP contribution in [0.5, 0.6) is 0 Å². The number of rotatable bonds is 2. The number of nitrogens with one attached hydrogen (secondary N) is 1. The molecule has 13 heavy (non-hydrogen) atoms. The summed E-state index contributed by atoms with van der Waals surface area (Å²) >= 11 is 1.58. The highest BCUT2D eigenvalue weighted by Gasteiger charge is 2.09. The van der Waals surface area contributed by atoms with E-state index >= 15 is 0 Å². The molecule has 5 heteroatoms. The highest BCUT2D eigenvalue weighted by Crippen LogP contribution is 2.22. The molecule has 1 N–H and O–H groups in total. The average Bonchev–Trinajstić information content (AvgIpc) is 2.59. The van der Waals surface area contributed by atoms with Gasteiger partial charge in [-0.15, -0.1) is 0 Å². The van der Waals surface area contributed by atoms with Crippen LogP contribution in [-0.2, 0) is 0 Å². The van der Waals surface area contributed by atoms with Gasteiger partial charge in [-0.1, -0.05) is 11.3 Å². The summed E-state index contributed by atoms with van der Waals surface area (Å²) in [5.74, 6) is 0. The first-order chi connectivity index (χ1) is 6.31. The Morgan fingerprint density at radius 2 is 2.15 bits per heavy atom. The summed E-state index contributed by atoms with van der Waals surface area (Å²) in [6, 6.07) is 0.265. The zero-order valence-electron chi connectivity index (χ0n) is 7.48. The standard InChI is InChI=1S/C8H10N4S/c1-5(9-2)7-12-6-8(13-7)11-4-3-10-6/h3-5,9H,1-2H3. The summed E-state index contributed by atoms with van der Waals surface area (Å²) in [6.07, 6.45) is 3.35. The number of aromatic nitrogens is 3. The summed E-state index contributed by atoms with van der Waals surface area (Å²) in [5, 5.41) is 4.17. The maximum Gasteiger partial charge on any atom is 0.189 e. The molecule has 0 bridgehead atoms. The molecule has 1 atom stereocenters. The third kappa shape index (κ3) is 1.52. The molecule has 0 aliphatic carbocycles. The first kappa shape index (κ1) is 8.52. The molecule has 0 spiro atoms. The summed E-state index contributed by atoms with van der Waals surface area (Å²) in [4.78, 5) is 13.6. The lowest BCUT2D eigenvalue weighted by Gasteiger charge is -2.03. The SMILES string of the molecule is CNC(C)c1nc2nccnc2s1. The Bertz CT molecular complexity index is 378. The smallest absolute Gasteiger partial charge is 0.189 e. The highest BCUT2D eigenvalue weighted by atomic mass is 32.1. The van der Waals surface area contributed by atoms with E-state index in [1.54, 1.807) is 23.7 Å². The van der Waals surface area contributed by atoms with Crippen LogP contribution in [0.4, 0.5) is 0 Å². The van der Waals surface area contributed by atoms with Crippen molar-refractivity contribution in [2.75, 3.05) is 7.05 Å². The van der Waals surface area contributed by atoms with Crippen LogP contribution in [-0.4, -0.2) is 22.0 Å². The van der Waals surface area contributed by atoms with Crippen LogP contribution < -0.4 is 5.32 Å². The number of nitrogens with zero attached hydrogens (tertiary/aromatic N) is 3. The van der Waals surface area contributed by atoms with Crippen molar-refractivity contribution < 1.29 is 0 Å².